The van der Waals surface area contributed by atoms with Crippen molar-refractivity contribution in [3.05, 3.63) is 35.9 Å². The number of carbonyl (C=O) groups is 1. The quantitative estimate of drug-likeness (QED) is 0.725. The van der Waals surface area contributed by atoms with Crippen LogP contribution in [0, 0.1) is 0 Å². The van der Waals surface area contributed by atoms with E-state index in [1.54, 1.807) is 0 Å². The summed E-state index contributed by atoms with van der Waals surface area (Å²) in [6.07, 6.45) is 1.12. The summed E-state index contributed by atoms with van der Waals surface area (Å²) in [6, 6.07) is 9.84. The third-order valence-electron chi connectivity index (χ3n) is 2.81. The second-order valence-corrected chi connectivity index (χ2v) is 5.51. The van der Waals surface area contributed by atoms with Gasteiger partial charge < -0.3 is 4.74 Å². The highest BCUT2D eigenvalue weighted by Gasteiger charge is 2.21. The van der Waals surface area contributed by atoms with Gasteiger partial charge in [-0.2, -0.15) is 11.8 Å². The van der Waals surface area contributed by atoms with Gasteiger partial charge in [-0.1, -0.05) is 44.2 Å². The SMILES string of the molecule is CCC(C)SCC(C(=O)OC)c1ccccc1. The first-order valence-corrected chi connectivity index (χ1v) is 6.98. The monoisotopic (exact) mass is 252 g/mol. The highest BCUT2D eigenvalue weighted by molar-refractivity contribution is 7.99. The summed E-state index contributed by atoms with van der Waals surface area (Å²) in [5, 5.41) is 0.575. The molecule has 2 unspecified atom stereocenters. The molecule has 0 spiro atoms. The number of carbonyl (C=O) groups excluding carboxylic acids is 1. The lowest BCUT2D eigenvalue weighted by molar-refractivity contribution is -0.141. The van der Waals surface area contributed by atoms with Crippen molar-refractivity contribution in [2.45, 2.75) is 31.4 Å². The van der Waals surface area contributed by atoms with E-state index in [-0.39, 0.29) is 11.9 Å². The van der Waals surface area contributed by atoms with Crippen LogP contribution in [-0.2, 0) is 9.53 Å². The summed E-state index contributed by atoms with van der Waals surface area (Å²) in [5.41, 5.74) is 1.04. The van der Waals surface area contributed by atoms with Crippen LogP contribution in [0.25, 0.3) is 0 Å². The van der Waals surface area contributed by atoms with Crippen LogP contribution in [0.4, 0.5) is 0 Å². The molecule has 0 amide bonds. The van der Waals surface area contributed by atoms with Gasteiger partial charge in [0.15, 0.2) is 0 Å². The molecule has 0 fully saturated rings. The Labute approximate surface area is 108 Å². The average Bonchev–Trinajstić information content (AvgIpc) is 2.39. The molecule has 17 heavy (non-hydrogen) atoms. The van der Waals surface area contributed by atoms with E-state index in [0.29, 0.717) is 5.25 Å². The first kappa shape index (κ1) is 14.1. The fraction of sp³-hybridized carbons (Fsp3) is 0.500. The predicted octanol–water partition coefficient (Wildman–Crippen LogP) is 3.47. The summed E-state index contributed by atoms with van der Waals surface area (Å²) < 4.78 is 4.88. The summed E-state index contributed by atoms with van der Waals surface area (Å²) in [7, 11) is 1.45. The first-order chi connectivity index (χ1) is 8.19. The van der Waals surface area contributed by atoms with Gasteiger partial charge >= 0.3 is 5.97 Å². The van der Waals surface area contributed by atoms with Crippen molar-refractivity contribution in [1.29, 1.82) is 0 Å². The average molecular weight is 252 g/mol. The first-order valence-electron chi connectivity index (χ1n) is 5.93. The lowest BCUT2D eigenvalue weighted by atomic mass is 10.0. The number of hydrogen-bond donors (Lipinski definition) is 0. The Hall–Kier alpha value is -0.960. The highest BCUT2D eigenvalue weighted by Crippen LogP contribution is 2.25. The fourth-order valence-electron chi connectivity index (χ4n) is 1.51. The van der Waals surface area contributed by atoms with Crippen molar-refractivity contribution in [2.24, 2.45) is 0 Å². The molecule has 3 heteroatoms. The van der Waals surface area contributed by atoms with Crippen LogP contribution in [0.2, 0.25) is 0 Å². The maximum absolute atomic E-state index is 11.8. The van der Waals surface area contributed by atoms with Gasteiger partial charge in [0, 0.05) is 11.0 Å². The van der Waals surface area contributed by atoms with Crippen LogP contribution < -0.4 is 0 Å². The number of esters is 1. The van der Waals surface area contributed by atoms with E-state index in [0.717, 1.165) is 17.7 Å². The van der Waals surface area contributed by atoms with Crippen molar-refractivity contribution in [1.82, 2.24) is 0 Å². The van der Waals surface area contributed by atoms with E-state index < -0.39 is 0 Å². The second kappa shape index (κ2) is 7.38. The van der Waals surface area contributed by atoms with Crippen molar-refractivity contribution in [3.8, 4) is 0 Å². The van der Waals surface area contributed by atoms with E-state index in [4.69, 9.17) is 4.74 Å². The van der Waals surface area contributed by atoms with E-state index in [2.05, 4.69) is 13.8 Å². The lowest BCUT2D eigenvalue weighted by Crippen LogP contribution is -2.17. The van der Waals surface area contributed by atoms with Gasteiger partial charge in [0.25, 0.3) is 0 Å². The molecule has 0 heterocycles. The Balaban J connectivity index is 2.71. The molecule has 0 aliphatic rings. The molecule has 1 rings (SSSR count). The molecule has 0 aliphatic carbocycles. The van der Waals surface area contributed by atoms with Crippen LogP contribution in [-0.4, -0.2) is 24.1 Å². The Morgan fingerprint density at radius 2 is 2.00 bits per heavy atom. The summed E-state index contributed by atoms with van der Waals surface area (Å²) in [5.74, 6) is 0.485. The number of hydrogen-bond acceptors (Lipinski definition) is 3. The van der Waals surface area contributed by atoms with Crippen molar-refractivity contribution in [3.63, 3.8) is 0 Å². The second-order valence-electron chi connectivity index (χ2n) is 4.04. The van der Waals surface area contributed by atoms with Gasteiger partial charge in [0.1, 0.15) is 0 Å². The zero-order valence-electron chi connectivity index (χ0n) is 10.7. The van der Waals surface area contributed by atoms with Crippen LogP contribution in [0.5, 0.6) is 0 Å². The minimum Gasteiger partial charge on any atom is -0.469 e. The molecule has 0 bridgehead atoms. The summed E-state index contributed by atoms with van der Waals surface area (Å²) in [4.78, 5) is 11.8. The number of methoxy groups -OCH3 is 1. The molecule has 1 aromatic carbocycles. The number of ether oxygens (including phenoxy) is 1. The molecule has 0 N–H and O–H groups in total. The smallest absolute Gasteiger partial charge is 0.313 e. The minimum absolute atomic E-state index is 0.146. The van der Waals surface area contributed by atoms with Gasteiger partial charge in [0.05, 0.1) is 13.0 Å². The molecule has 2 nitrogen and oxygen atoms in total. The van der Waals surface area contributed by atoms with Crippen LogP contribution in [0.1, 0.15) is 31.7 Å². The Morgan fingerprint density at radius 3 is 2.53 bits per heavy atom. The highest BCUT2D eigenvalue weighted by atomic mass is 32.2. The van der Waals surface area contributed by atoms with E-state index >= 15 is 0 Å². The van der Waals surface area contributed by atoms with Gasteiger partial charge in [-0.05, 0) is 12.0 Å². The zero-order chi connectivity index (χ0) is 12.7. The van der Waals surface area contributed by atoms with Crippen molar-refractivity contribution >= 4 is 17.7 Å². The molecule has 0 saturated heterocycles. The number of benzene rings is 1. The standard InChI is InChI=1S/C14H20O2S/c1-4-11(2)17-10-13(14(15)16-3)12-8-6-5-7-9-12/h5-9,11,13H,4,10H2,1-3H3. The Bertz CT molecular complexity index is 337. The number of thioether (sulfide) groups is 1. The maximum atomic E-state index is 11.8. The Morgan fingerprint density at radius 1 is 1.35 bits per heavy atom. The van der Waals surface area contributed by atoms with Crippen LogP contribution in [0.3, 0.4) is 0 Å². The Kier molecular flexibility index (Phi) is 6.12. The van der Waals surface area contributed by atoms with Gasteiger partial charge in [-0.15, -0.1) is 0 Å². The third kappa shape index (κ3) is 4.43. The van der Waals surface area contributed by atoms with Gasteiger partial charge in [-0.25, -0.2) is 0 Å². The molecule has 2 atom stereocenters. The van der Waals surface area contributed by atoms with E-state index in [1.165, 1.54) is 7.11 Å². The molecule has 94 valence electrons. The number of rotatable bonds is 6. The maximum Gasteiger partial charge on any atom is 0.313 e. The lowest BCUT2D eigenvalue weighted by Gasteiger charge is -2.16. The molecule has 0 radical (unpaired) electrons. The fourth-order valence-corrected chi connectivity index (χ4v) is 2.59. The van der Waals surface area contributed by atoms with Gasteiger partial charge in [0.2, 0.25) is 0 Å². The summed E-state index contributed by atoms with van der Waals surface area (Å²) >= 11 is 1.82. The molecule has 0 aromatic heterocycles. The van der Waals surface area contributed by atoms with E-state index in [1.807, 2.05) is 42.1 Å². The normalized spacial score (nSPS) is 14.1. The molecule has 0 saturated carbocycles. The minimum atomic E-state index is -0.153. The zero-order valence-corrected chi connectivity index (χ0v) is 11.5. The van der Waals surface area contributed by atoms with Crippen molar-refractivity contribution in [2.75, 3.05) is 12.9 Å². The molecule has 1 aromatic rings. The summed E-state index contributed by atoms with van der Waals surface area (Å²) in [6.45, 7) is 4.34. The van der Waals surface area contributed by atoms with Crippen LogP contribution >= 0.6 is 11.8 Å². The van der Waals surface area contributed by atoms with Crippen molar-refractivity contribution < 1.29 is 9.53 Å². The third-order valence-corrected chi connectivity index (χ3v) is 4.24. The van der Waals surface area contributed by atoms with Crippen LogP contribution in [0.15, 0.2) is 30.3 Å². The molecule has 0 aliphatic heterocycles. The van der Waals surface area contributed by atoms with E-state index in [9.17, 15) is 4.79 Å². The topological polar surface area (TPSA) is 26.3 Å². The molecular formula is C14H20O2S. The predicted molar refractivity (Wildman–Crippen MR) is 73.4 cm³/mol. The molecular weight excluding hydrogens is 232 g/mol. The van der Waals surface area contributed by atoms with Gasteiger partial charge in [-0.3, -0.25) is 4.79 Å². The largest absolute Gasteiger partial charge is 0.469 e.